The van der Waals surface area contributed by atoms with Gasteiger partial charge in [-0.2, -0.15) is 5.10 Å². The molecule has 1 saturated carbocycles. The van der Waals surface area contributed by atoms with Gasteiger partial charge in [-0.05, 0) is 73.6 Å². The maximum absolute atomic E-state index is 13.9. The highest BCUT2D eigenvalue weighted by molar-refractivity contribution is 7.88. The lowest BCUT2D eigenvalue weighted by Crippen LogP contribution is -2.33. The van der Waals surface area contributed by atoms with E-state index in [1.54, 1.807) is 10.7 Å². The maximum Gasteiger partial charge on any atom is 0.290 e. The average molecular weight is 644 g/mol. The monoisotopic (exact) mass is 643 g/mol. The number of nitrogens with one attached hydrogen (secondary N) is 2. The average Bonchev–Trinajstić information content (AvgIpc) is 3.40. The first kappa shape index (κ1) is 32.9. The molecule has 0 amide bonds. The number of anilines is 1. The van der Waals surface area contributed by atoms with E-state index in [1.807, 2.05) is 37.4 Å². The van der Waals surface area contributed by atoms with E-state index in [1.165, 1.54) is 18.2 Å². The zero-order valence-electron chi connectivity index (χ0n) is 24.3. The first-order chi connectivity index (χ1) is 20.9. The standard InChI is InChI=1S/C29H33ClFN7O2S.CH2O2/c1-17-3-4-18(14-35-41(2,39)40)11-23(17)19-12-27-28(36-22-8-6-21(32)7-9-22)24(15-34-38(27)16-19)29(33)37-26-13-20(31)5-10-25(26)30;2-1-3/h3-5,10-13,15-16,21-22,35-36H,6-9,14,32H2,1-2H3,(H2,33,37);1H,(H,2,3)/t21-,22-;. The topological polar surface area (TPSA) is 177 Å². The molecule has 0 unspecified atom stereocenters. The van der Waals surface area contributed by atoms with Gasteiger partial charge in [0.1, 0.15) is 11.7 Å². The Morgan fingerprint density at radius 2 is 1.91 bits per heavy atom. The van der Waals surface area contributed by atoms with E-state index < -0.39 is 15.8 Å². The first-order valence-corrected chi connectivity index (χ1v) is 16.1. The summed E-state index contributed by atoms with van der Waals surface area (Å²) in [7, 11) is -3.33. The van der Waals surface area contributed by atoms with Crippen LogP contribution in [0.4, 0.5) is 15.8 Å². The van der Waals surface area contributed by atoms with Crippen LogP contribution in [0.1, 0.15) is 42.4 Å². The molecule has 0 spiro atoms. The Morgan fingerprint density at radius 3 is 2.59 bits per heavy atom. The molecule has 0 bridgehead atoms. The molecule has 2 heterocycles. The number of hydrogen-bond acceptors (Lipinski definition) is 7. The Morgan fingerprint density at radius 1 is 1.20 bits per heavy atom. The smallest absolute Gasteiger partial charge is 0.290 e. The molecule has 14 heteroatoms. The van der Waals surface area contributed by atoms with Crippen molar-refractivity contribution in [2.45, 2.75) is 51.2 Å². The lowest BCUT2D eigenvalue weighted by molar-refractivity contribution is -0.122. The number of carbonyl (C=O) groups is 1. The van der Waals surface area contributed by atoms with Gasteiger partial charge in [0.2, 0.25) is 10.0 Å². The number of amidine groups is 1. The molecule has 5 rings (SSSR count). The van der Waals surface area contributed by atoms with E-state index in [0.29, 0.717) is 5.56 Å². The SMILES string of the molecule is Cc1ccc(CNS(C)(=O)=O)cc1-c1cc2c(N[C@H]3CC[C@H](N)CC3)c(C(N)=Nc3cc(F)ccc3Cl)cnn2c1.O=CO. The van der Waals surface area contributed by atoms with Crippen molar-refractivity contribution in [2.24, 2.45) is 16.5 Å². The van der Waals surface area contributed by atoms with E-state index in [2.05, 4.69) is 20.1 Å². The fourth-order valence-corrected chi connectivity index (χ4v) is 5.67. The zero-order chi connectivity index (χ0) is 32.0. The molecular weight excluding hydrogens is 609 g/mol. The molecule has 2 aromatic heterocycles. The minimum Gasteiger partial charge on any atom is -0.483 e. The summed E-state index contributed by atoms with van der Waals surface area (Å²) in [6.45, 7) is 1.94. The Hall–Kier alpha value is -4.04. The second-order valence-corrected chi connectivity index (χ2v) is 12.9. The summed E-state index contributed by atoms with van der Waals surface area (Å²) < 4.78 is 41.5. The molecule has 1 fully saturated rings. The van der Waals surface area contributed by atoms with Crippen LogP contribution < -0.4 is 21.5 Å². The number of fused-ring (bicyclic) bond motifs is 1. The summed E-state index contributed by atoms with van der Waals surface area (Å²) in [4.78, 5) is 12.8. The fraction of sp³-hybridized carbons (Fsp3) is 0.300. The number of benzene rings is 2. The molecular formula is C30H35ClFN7O4S. The van der Waals surface area contributed by atoms with Gasteiger partial charge in [-0.25, -0.2) is 27.0 Å². The summed E-state index contributed by atoms with van der Waals surface area (Å²) >= 11 is 6.26. The van der Waals surface area contributed by atoms with Crippen LogP contribution >= 0.6 is 11.6 Å². The van der Waals surface area contributed by atoms with E-state index in [-0.39, 0.29) is 41.6 Å². The molecule has 4 aromatic rings. The van der Waals surface area contributed by atoms with Crippen LogP contribution in [0.3, 0.4) is 0 Å². The zero-order valence-corrected chi connectivity index (χ0v) is 25.9. The number of aliphatic imine (C=N–C) groups is 1. The third-order valence-corrected chi connectivity index (χ3v) is 8.32. The normalized spacial score (nSPS) is 17.2. The van der Waals surface area contributed by atoms with Crippen LogP contribution in [0.5, 0.6) is 0 Å². The summed E-state index contributed by atoms with van der Waals surface area (Å²) in [5, 5.41) is 15.5. The number of hydrogen-bond donors (Lipinski definition) is 5. The first-order valence-electron chi connectivity index (χ1n) is 13.8. The van der Waals surface area contributed by atoms with Crippen molar-refractivity contribution in [3.05, 3.63) is 82.4 Å². The Kier molecular flexibility index (Phi) is 10.6. The quantitative estimate of drug-likeness (QED) is 0.105. The van der Waals surface area contributed by atoms with Gasteiger partial charge in [0.05, 0.1) is 39.9 Å². The second-order valence-electron chi connectivity index (χ2n) is 10.7. The third kappa shape index (κ3) is 8.32. The largest absolute Gasteiger partial charge is 0.483 e. The highest BCUT2D eigenvalue weighted by Crippen LogP contribution is 2.33. The van der Waals surface area contributed by atoms with Crippen molar-refractivity contribution >= 4 is 50.8 Å². The molecule has 11 nitrogen and oxygen atoms in total. The van der Waals surface area contributed by atoms with E-state index in [0.717, 1.165) is 65.4 Å². The van der Waals surface area contributed by atoms with Gasteiger partial charge >= 0.3 is 0 Å². The summed E-state index contributed by atoms with van der Waals surface area (Å²) in [5.74, 6) is -0.317. The molecule has 0 atom stereocenters. The van der Waals surface area contributed by atoms with E-state index >= 15 is 0 Å². The number of aryl methyl sites for hydroxylation is 1. The fourth-order valence-electron chi connectivity index (χ4n) is 5.08. The van der Waals surface area contributed by atoms with Gasteiger partial charge in [0.25, 0.3) is 6.47 Å². The van der Waals surface area contributed by atoms with Crippen molar-refractivity contribution in [2.75, 3.05) is 11.6 Å². The van der Waals surface area contributed by atoms with Crippen LogP contribution in [0.15, 0.2) is 59.9 Å². The molecule has 7 N–H and O–H groups in total. The van der Waals surface area contributed by atoms with Crippen LogP contribution in [0.25, 0.3) is 16.6 Å². The van der Waals surface area contributed by atoms with Crippen LogP contribution in [-0.2, 0) is 21.4 Å². The number of rotatable bonds is 8. The predicted molar refractivity (Wildman–Crippen MR) is 171 cm³/mol. The number of aromatic nitrogens is 2. The summed E-state index contributed by atoms with van der Waals surface area (Å²) in [6, 6.07) is 12.2. The van der Waals surface area contributed by atoms with Crippen LogP contribution in [0, 0.1) is 12.7 Å². The van der Waals surface area contributed by atoms with Crippen molar-refractivity contribution in [3.63, 3.8) is 0 Å². The van der Waals surface area contributed by atoms with Crippen molar-refractivity contribution in [1.29, 1.82) is 0 Å². The molecule has 0 radical (unpaired) electrons. The molecule has 0 aliphatic heterocycles. The Balaban J connectivity index is 0.00000141. The highest BCUT2D eigenvalue weighted by Gasteiger charge is 2.22. The van der Waals surface area contributed by atoms with Crippen LogP contribution in [0.2, 0.25) is 5.02 Å². The molecule has 234 valence electrons. The lowest BCUT2D eigenvalue weighted by atomic mass is 9.91. The Labute approximate surface area is 260 Å². The van der Waals surface area contributed by atoms with E-state index in [4.69, 9.17) is 33.0 Å². The minimum absolute atomic E-state index is 0.148. The highest BCUT2D eigenvalue weighted by atomic mass is 35.5. The summed E-state index contributed by atoms with van der Waals surface area (Å²) in [5.41, 5.74) is 18.7. The second kappa shape index (κ2) is 14.2. The molecule has 1 aliphatic carbocycles. The molecule has 1 aliphatic rings. The van der Waals surface area contributed by atoms with Crippen molar-refractivity contribution in [3.8, 4) is 11.1 Å². The van der Waals surface area contributed by atoms with E-state index in [9.17, 15) is 12.8 Å². The minimum atomic E-state index is -3.33. The van der Waals surface area contributed by atoms with Gasteiger partial charge in [-0.15, -0.1) is 0 Å². The lowest BCUT2D eigenvalue weighted by Gasteiger charge is -2.28. The molecule has 44 heavy (non-hydrogen) atoms. The maximum atomic E-state index is 13.9. The third-order valence-electron chi connectivity index (χ3n) is 7.33. The molecule has 2 aromatic carbocycles. The summed E-state index contributed by atoms with van der Waals surface area (Å²) in [6.07, 6.45) is 8.34. The Bertz CT molecular complexity index is 1790. The van der Waals surface area contributed by atoms with Crippen molar-refractivity contribution < 1.29 is 22.7 Å². The van der Waals surface area contributed by atoms with Gasteiger partial charge in [-0.3, -0.25) is 4.79 Å². The number of carboxylic acid groups (broad SMARTS) is 1. The van der Waals surface area contributed by atoms with Gasteiger partial charge in [0, 0.05) is 36.5 Å². The van der Waals surface area contributed by atoms with Gasteiger partial charge in [-0.1, -0.05) is 23.7 Å². The number of nitrogens with zero attached hydrogens (tertiary/aromatic N) is 3. The van der Waals surface area contributed by atoms with Gasteiger partial charge < -0.3 is 21.9 Å². The van der Waals surface area contributed by atoms with Crippen LogP contribution in [-0.4, -0.2) is 53.8 Å². The molecule has 0 saturated heterocycles. The van der Waals surface area contributed by atoms with Gasteiger partial charge in [0.15, 0.2) is 0 Å². The number of sulfonamides is 1. The van der Waals surface area contributed by atoms with Crippen molar-refractivity contribution in [1.82, 2.24) is 14.3 Å². The number of nitrogens with two attached hydrogens (primary N) is 2. The number of halogens is 2. The predicted octanol–water partition coefficient (Wildman–Crippen LogP) is 4.57.